The Morgan fingerprint density at radius 3 is 1.60 bits per heavy atom. The number of aliphatic hydroxyl groups is 1. The van der Waals surface area contributed by atoms with E-state index in [1.54, 1.807) is 6.20 Å². The Morgan fingerprint density at radius 2 is 1.28 bits per heavy atom. The lowest BCUT2D eigenvalue weighted by molar-refractivity contribution is 0.0950. The molecule has 2 aromatic rings. The van der Waals surface area contributed by atoms with E-state index in [1.807, 2.05) is 0 Å². The molecule has 2 aliphatic carbocycles. The zero-order valence-corrected chi connectivity index (χ0v) is 15.8. The van der Waals surface area contributed by atoms with E-state index in [0.29, 0.717) is 27.4 Å². The molecule has 4 rings (SSSR count). The van der Waals surface area contributed by atoms with Gasteiger partial charge in [0.15, 0.2) is 5.15 Å². The van der Waals surface area contributed by atoms with Crippen molar-refractivity contribution in [3.8, 4) is 5.88 Å². The van der Waals surface area contributed by atoms with Crippen LogP contribution in [-0.4, -0.2) is 37.3 Å². The van der Waals surface area contributed by atoms with Gasteiger partial charge in [-0.05, 0) is 38.5 Å². The first-order valence-corrected chi connectivity index (χ1v) is 9.11. The van der Waals surface area contributed by atoms with E-state index in [9.17, 15) is 0 Å². The van der Waals surface area contributed by atoms with Crippen molar-refractivity contribution in [3.63, 3.8) is 0 Å². The van der Waals surface area contributed by atoms with Gasteiger partial charge >= 0.3 is 0 Å². The molecule has 0 amide bonds. The molecule has 0 bridgehead atoms. The first-order chi connectivity index (χ1) is 12.0. The van der Waals surface area contributed by atoms with Crippen molar-refractivity contribution >= 4 is 34.8 Å². The average molecular weight is 406 g/mol. The largest absolute Gasteiger partial charge is 0.473 e. The Morgan fingerprint density at radius 1 is 0.800 bits per heavy atom. The van der Waals surface area contributed by atoms with Gasteiger partial charge in [0.1, 0.15) is 16.4 Å². The Balaban J connectivity index is 0.000000149. The van der Waals surface area contributed by atoms with Crippen molar-refractivity contribution in [1.29, 1.82) is 0 Å². The first kappa shape index (κ1) is 20.1. The molecule has 136 valence electrons. The van der Waals surface area contributed by atoms with Crippen molar-refractivity contribution in [1.82, 2.24) is 19.9 Å². The highest BCUT2D eigenvalue weighted by atomic mass is 35.5. The molecule has 6 nitrogen and oxygen atoms in total. The van der Waals surface area contributed by atoms with Crippen LogP contribution >= 0.6 is 34.8 Å². The van der Waals surface area contributed by atoms with Crippen LogP contribution in [0.3, 0.4) is 0 Å². The summed E-state index contributed by atoms with van der Waals surface area (Å²) in [6, 6.07) is 0. The lowest BCUT2D eigenvalue weighted by Gasteiger charge is -2.25. The van der Waals surface area contributed by atoms with Crippen LogP contribution in [0.4, 0.5) is 0 Å². The minimum absolute atomic E-state index is 0.0648. The zero-order chi connectivity index (χ0) is 18.1. The minimum Gasteiger partial charge on any atom is -0.473 e. The van der Waals surface area contributed by atoms with E-state index in [0.717, 1.165) is 25.7 Å². The Kier molecular flexibility index (Phi) is 8.61. The Hall–Kier alpha value is -1.21. The van der Waals surface area contributed by atoms with Crippen LogP contribution in [0, 0.1) is 0 Å². The predicted molar refractivity (Wildman–Crippen MR) is 97.2 cm³/mol. The van der Waals surface area contributed by atoms with Crippen molar-refractivity contribution in [3.05, 3.63) is 40.2 Å². The molecule has 2 heterocycles. The molecule has 2 fully saturated rings. The molecule has 0 saturated heterocycles. The van der Waals surface area contributed by atoms with Gasteiger partial charge in [-0.2, -0.15) is 4.98 Å². The predicted octanol–water partition coefficient (Wildman–Crippen LogP) is 4.38. The molecule has 2 saturated carbocycles. The molecule has 0 atom stereocenters. The summed E-state index contributed by atoms with van der Waals surface area (Å²) in [5, 5.41) is 9.46. The number of hydrogen-bond acceptors (Lipinski definition) is 6. The lowest BCUT2D eigenvalue weighted by atomic mass is 9.96. The van der Waals surface area contributed by atoms with Crippen LogP contribution in [0.5, 0.6) is 5.88 Å². The number of hydrogen-bond donors (Lipinski definition) is 1. The second-order valence-electron chi connectivity index (χ2n) is 5.60. The smallest absolute Gasteiger partial charge is 0.234 e. The van der Waals surface area contributed by atoms with E-state index >= 15 is 0 Å². The van der Waals surface area contributed by atoms with Gasteiger partial charge in [0.25, 0.3) is 0 Å². The average Bonchev–Trinajstić information content (AvgIpc) is 2.50. The van der Waals surface area contributed by atoms with Gasteiger partial charge in [0.05, 0.1) is 30.9 Å². The maximum Gasteiger partial charge on any atom is 0.234 e. The maximum absolute atomic E-state index is 8.45. The number of nitrogens with zero attached hydrogens (tertiary/aromatic N) is 4. The zero-order valence-electron chi connectivity index (χ0n) is 13.5. The summed E-state index contributed by atoms with van der Waals surface area (Å²) >= 11 is 16.4. The van der Waals surface area contributed by atoms with Crippen molar-refractivity contribution in [2.24, 2.45) is 0 Å². The fraction of sp³-hybridized carbons (Fsp3) is 0.500. The standard InChI is InChI=1S/C8H9ClN2O.C4H2Cl2N2.C4H8O/c9-7-4-10-5-8(11-7)12-6-2-1-3-6;5-3-1-7-2-4(6)8-3;5-4-2-1-3-4/h4-6H,1-3H2;1-2H;4-5H,1-3H2. The quantitative estimate of drug-likeness (QED) is 0.798. The number of aromatic nitrogens is 4. The third-order valence-corrected chi connectivity index (χ3v) is 4.12. The van der Waals surface area contributed by atoms with Crippen molar-refractivity contribution in [2.75, 3.05) is 0 Å². The van der Waals surface area contributed by atoms with Gasteiger partial charge < -0.3 is 9.84 Å². The molecule has 25 heavy (non-hydrogen) atoms. The first-order valence-electron chi connectivity index (χ1n) is 7.98. The molecule has 0 aliphatic heterocycles. The number of rotatable bonds is 2. The Labute approximate surface area is 161 Å². The highest BCUT2D eigenvalue weighted by Crippen LogP contribution is 2.23. The molecule has 9 heteroatoms. The molecule has 0 spiro atoms. The topological polar surface area (TPSA) is 81.0 Å². The molecule has 2 aromatic heterocycles. The van der Waals surface area contributed by atoms with Gasteiger partial charge in [-0.15, -0.1) is 0 Å². The molecular formula is C16H19Cl3N4O2. The minimum atomic E-state index is 0.0648. The number of ether oxygens (including phenoxy) is 1. The van der Waals surface area contributed by atoms with Gasteiger partial charge in [-0.3, -0.25) is 9.97 Å². The van der Waals surface area contributed by atoms with E-state index in [4.69, 9.17) is 44.6 Å². The van der Waals surface area contributed by atoms with E-state index < -0.39 is 0 Å². The van der Waals surface area contributed by atoms with Gasteiger partial charge in [0.2, 0.25) is 5.88 Å². The summed E-state index contributed by atoms with van der Waals surface area (Å²) in [5.74, 6) is 0.534. The molecule has 0 unspecified atom stereocenters. The molecule has 0 aromatic carbocycles. The molecule has 0 radical (unpaired) electrons. The summed E-state index contributed by atoms with van der Waals surface area (Å²) in [7, 11) is 0. The van der Waals surface area contributed by atoms with Gasteiger partial charge in [0, 0.05) is 0 Å². The second-order valence-corrected chi connectivity index (χ2v) is 6.76. The summed E-state index contributed by atoms with van der Waals surface area (Å²) < 4.78 is 5.47. The van der Waals surface area contributed by atoms with E-state index in [1.165, 1.54) is 31.4 Å². The van der Waals surface area contributed by atoms with Crippen LogP contribution in [0.1, 0.15) is 38.5 Å². The molecular weight excluding hydrogens is 387 g/mol. The summed E-state index contributed by atoms with van der Waals surface area (Å²) in [6.07, 6.45) is 13.1. The highest BCUT2D eigenvalue weighted by molar-refractivity contribution is 6.32. The molecule has 2 aliphatic rings. The van der Waals surface area contributed by atoms with E-state index in [-0.39, 0.29) is 6.10 Å². The fourth-order valence-corrected chi connectivity index (χ4v) is 2.23. The normalized spacial score (nSPS) is 16.3. The van der Waals surface area contributed by atoms with Crippen LogP contribution in [-0.2, 0) is 0 Å². The van der Waals surface area contributed by atoms with Gasteiger partial charge in [-0.25, -0.2) is 4.98 Å². The summed E-state index contributed by atoms with van der Waals surface area (Å²) in [4.78, 5) is 15.2. The lowest BCUT2D eigenvalue weighted by Crippen LogP contribution is -2.24. The number of aliphatic hydroxyl groups excluding tert-OH is 1. The monoisotopic (exact) mass is 404 g/mol. The van der Waals surface area contributed by atoms with Gasteiger partial charge in [-0.1, -0.05) is 34.8 Å². The summed E-state index contributed by atoms with van der Waals surface area (Å²) in [5.41, 5.74) is 0. The third-order valence-electron chi connectivity index (χ3n) is 3.57. The van der Waals surface area contributed by atoms with Crippen molar-refractivity contribution < 1.29 is 9.84 Å². The third kappa shape index (κ3) is 8.14. The van der Waals surface area contributed by atoms with Crippen LogP contribution in [0.15, 0.2) is 24.8 Å². The summed E-state index contributed by atoms with van der Waals surface area (Å²) in [6.45, 7) is 0. The molecule has 1 N–H and O–H groups in total. The van der Waals surface area contributed by atoms with Crippen molar-refractivity contribution in [2.45, 2.75) is 50.7 Å². The maximum atomic E-state index is 8.45. The fourth-order valence-electron chi connectivity index (χ4n) is 1.75. The van der Waals surface area contributed by atoms with Crippen LogP contribution < -0.4 is 4.74 Å². The highest BCUT2D eigenvalue weighted by Gasteiger charge is 2.19. The Bertz CT molecular complexity index is 638. The van der Waals surface area contributed by atoms with Crippen LogP contribution in [0.25, 0.3) is 0 Å². The number of halogens is 3. The SMILES string of the molecule is Clc1cncc(Cl)n1.Clc1cncc(OC2CCC2)n1.OC1CCC1. The van der Waals surface area contributed by atoms with Crippen LogP contribution in [0.2, 0.25) is 15.5 Å². The second kappa shape index (κ2) is 10.7. The van der Waals surface area contributed by atoms with E-state index in [2.05, 4.69) is 19.9 Å².